The van der Waals surface area contributed by atoms with Crippen molar-refractivity contribution in [3.8, 4) is 16.8 Å². The van der Waals surface area contributed by atoms with Crippen LogP contribution in [0.5, 0.6) is 0 Å². The Morgan fingerprint density at radius 1 is 1.02 bits per heavy atom. The third-order valence-corrected chi connectivity index (χ3v) is 7.67. The number of hydrogen-bond acceptors (Lipinski definition) is 5. The van der Waals surface area contributed by atoms with E-state index in [2.05, 4.69) is 16.6 Å². The molecule has 1 aliphatic rings. The van der Waals surface area contributed by atoms with Crippen molar-refractivity contribution < 1.29 is 23.5 Å². The summed E-state index contributed by atoms with van der Waals surface area (Å²) in [6, 6.07) is 17.9. The van der Waals surface area contributed by atoms with Crippen molar-refractivity contribution in [3.63, 3.8) is 0 Å². The molecule has 0 amide bonds. The van der Waals surface area contributed by atoms with Gasteiger partial charge in [0, 0.05) is 33.1 Å². The van der Waals surface area contributed by atoms with Crippen molar-refractivity contribution >= 4 is 33.7 Å². The second kappa shape index (κ2) is 9.66. The smallest absolute Gasteiger partial charge is 0.338 e. The van der Waals surface area contributed by atoms with Crippen molar-refractivity contribution in [1.29, 1.82) is 0 Å². The minimum Gasteiger partial charge on any atom is -0.462 e. The molecule has 0 unspecified atom stereocenters. The van der Waals surface area contributed by atoms with Crippen LogP contribution in [0.3, 0.4) is 0 Å². The first-order valence-electron chi connectivity index (χ1n) is 13.7. The number of nitrogens with zero attached hydrogens (tertiary/aromatic N) is 3. The van der Waals surface area contributed by atoms with Gasteiger partial charge in [-0.3, -0.25) is 4.79 Å². The molecule has 1 aliphatic heterocycles. The van der Waals surface area contributed by atoms with Crippen LogP contribution in [0.2, 0.25) is 0 Å². The molecule has 1 saturated heterocycles. The lowest BCUT2D eigenvalue weighted by Crippen LogP contribution is -2.45. The zero-order valence-corrected chi connectivity index (χ0v) is 23.8. The maximum Gasteiger partial charge on any atom is 0.338 e. The molecule has 3 heterocycles. The number of esters is 1. The normalized spacial score (nSPS) is 14.8. The molecule has 0 N–H and O–H groups in total. The molecule has 0 atom stereocenters. The van der Waals surface area contributed by atoms with Gasteiger partial charge < -0.3 is 14.0 Å². The van der Waals surface area contributed by atoms with E-state index >= 15 is 0 Å². The molecule has 0 saturated carbocycles. The van der Waals surface area contributed by atoms with Crippen LogP contribution >= 0.6 is 0 Å². The first kappa shape index (κ1) is 26.9. The van der Waals surface area contributed by atoms with E-state index in [0.717, 1.165) is 38.8 Å². The summed E-state index contributed by atoms with van der Waals surface area (Å²) in [4.78, 5) is 25.7. The van der Waals surface area contributed by atoms with Crippen LogP contribution in [0.1, 0.15) is 55.5 Å². The number of benzene rings is 3. The van der Waals surface area contributed by atoms with E-state index in [4.69, 9.17) is 9.47 Å². The Labute approximate surface area is 237 Å². The Morgan fingerprint density at radius 3 is 2.29 bits per heavy atom. The van der Waals surface area contributed by atoms with Crippen molar-refractivity contribution in [2.45, 2.75) is 40.0 Å². The number of carbonyl (C=O) groups is 2. The molecule has 0 aliphatic carbocycles. The molecule has 0 radical (unpaired) electrons. The van der Waals surface area contributed by atoms with E-state index in [1.165, 1.54) is 16.8 Å². The monoisotopic (exact) mass is 553 g/mol. The molecule has 2 aromatic heterocycles. The molecular formula is C33H32FN3O4. The lowest BCUT2D eigenvalue weighted by molar-refractivity contribution is -0.0523. The zero-order chi connectivity index (χ0) is 29.1. The van der Waals surface area contributed by atoms with Crippen LogP contribution < -0.4 is 0 Å². The largest absolute Gasteiger partial charge is 0.462 e. The highest BCUT2D eigenvalue weighted by atomic mass is 19.1. The SMILES string of the molecule is CCOC(=O)c1ccc(-c2c(C3(C)COC3)n(-c3ccc(F)cc3)c3cc4cnn(C(=O)C(C)(C)C)c4cc23)cc1. The fourth-order valence-electron chi connectivity index (χ4n) is 5.54. The van der Waals surface area contributed by atoms with Crippen LogP contribution in [-0.4, -0.2) is 46.0 Å². The Hall–Kier alpha value is -4.30. The van der Waals surface area contributed by atoms with E-state index in [0.29, 0.717) is 30.9 Å². The maximum absolute atomic E-state index is 14.0. The van der Waals surface area contributed by atoms with Gasteiger partial charge in [0.05, 0.1) is 48.0 Å². The van der Waals surface area contributed by atoms with E-state index in [-0.39, 0.29) is 23.1 Å². The van der Waals surface area contributed by atoms with Crippen LogP contribution in [-0.2, 0) is 14.9 Å². The van der Waals surface area contributed by atoms with Gasteiger partial charge in [0.15, 0.2) is 0 Å². The molecule has 210 valence electrons. The van der Waals surface area contributed by atoms with Crippen molar-refractivity contribution in [3.05, 3.63) is 83.9 Å². The van der Waals surface area contributed by atoms with Gasteiger partial charge >= 0.3 is 5.97 Å². The Bertz CT molecular complexity index is 1800. The summed E-state index contributed by atoms with van der Waals surface area (Å²) >= 11 is 0. The summed E-state index contributed by atoms with van der Waals surface area (Å²) in [5.41, 5.74) is 4.81. The molecule has 41 heavy (non-hydrogen) atoms. The lowest BCUT2D eigenvalue weighted by Gasteiger charge is -2.40. The fourth-order valence-corrected chi connectivity index (χ4v) is 5.54. The Morgan fingerprint density at radius 2 is 1.71 bits per heavy atom. The van der Waals surface area contributed by atoms with E-state index in [9.17, 15) is 14.0 Å². The summed E-state index contributed by atoms with van der Waals surface area (Å²) < 4.78 is 28.6. The van der Waals surface area contributed by atoms with Gasteiger partial charge in [0.2, 0.25) is 0 Å². The number of fused-ring (bicyclic) bond motifs is 2. The maximum atomic E-state index is 14.0. The van der Waals surface area contributed by atoms with Crippen molar-refractivity contribution in [2.75, 3.05) is 19.8 Å². The van der Waals surface area contributed by atoms with E-state index in [1.807, 2.05) is 45.0 Å². The number of halogens is 1. The second-order valence-corrected chi connectivity index (χ2v) is 11.9. The van der Waals surface area contributed by atoms with E-state index in [1.54, 1.807) is 37.4 Å². The Kier molecular flexibility index (Phi) is 6.34. The average molecular weight is 554 g/mol. The zero-order valence-electron chi connectivity index (χ0n) is 23.8. The van der Waals surface area contributed by atoms with Crippen LogP contribution in [0.4, 0.5) is 4.39 Å². The molecule has 1 fully saturated rings. The molecule has 5 aromatic rings. The highest BCUT2D eigenvalue weighted by molar-refractivity contribution is 6.08. The average Bonchev–Trinajstić information content (AvgIpc) is 3.49. The first-order valence-corrected chi connectivity index (χ1v) is 13.7. The van der Waals surface area contributed by atoms with Gasteiger partial charge in [-0.05, 0) is 67.9 Å². The minimum atomic E-state index is -0.623. The van der Waals surface area contributed by atoms with Gasteiger partial charge in [-0.25, -0.2) is 9.18 Å². The third-order valence-electron chi connectivity index (χ3n) is 7.67. The minimum absolute atomic E-state index is 0.107. The number of aromatic nitrogens is 3. The number of ether oxygens (including phenoxy) is 2. The molecule has 8 heteroatoms. The van der Waals surface area contributed by atoms with E-state index < -0.39 is 5.41 Å². The van der Waals surface area contributed by atoms with Gasteiger partial charge in [0.25, 0.3) is 5.91 Å². The molecular weight excluding hydrogens is 521 g/mol. The quantitative estimate of drug-likeness (QED) is 0.221. The highest BCUT2D eigenvalue weighted by Crippen LogP contribution is 2.46. The van der Waals surface area contributed by atoms with Gasteiger partial charge in [-0.1, -0.05) is 32.9 Å². The Balaban J connectivity index is 1.69. The third kappa shape index (κ3) is 4.43. The van der Waals surface area contributed by atoms with Crippen molar-refractivity contribution in [2.24, 2.45) is 5.41 Å². The highest BCUT2D eigenvalue weighted by Gasteiger charge is 2.42. The first-order chi connectivity index (χ1) is 19.5. The molecule has 6 rings (SSSR count). The summed E-state index contributed by atoms with van der Waals surface area (Å²) in [7, 11) is 0. The van der Waals surface area contributed by atoms with Gasteiger partial charge in [0.1, 0.15) is 5.82 Å². The summed E-state index contributed by atoms with van der Waals surface area (Å²) in [6.07, 6.45) is 1.71. The molecule has 3 aromatic carbocycles. The van der Waals surface area contributed by atoms with Gasteiger partial charge in [-0.15, -0.1) is 0 Å². The molecule has 0 spiro atoms. The fraction of sp³-hybridized carbons (Fsp3) is 0.303. The second-order valence-electron chi connectivity index (χ2n) is 11.9. The summed E-state index contributed by atoms with van der Waals surface area (Å²) in [6.45, 7) is 10.9. The predicted molar refractivity (Wildman–Crippen MR) is 156 cm³/mol. The number of hydrogen-bond donors (Lipinski definition) is 0. The summed E-state index contributed by atoms with van der Waals surface area (Å²) in [5, 5.41) is 6.20. The van der Waals surface area contributed by atoms with Crippen molar-refractivity contribution in [1.82, 2.24) is 14.3 Å². The molecule has 7 nitrogen and oxygen atoms in total. The predicted octanol–water partition coefficient (Wildman–Crippen LogP) is 6.94. The number of rotatable bonds is 5. The molecule has 0 bridgehead atoms. The lowest BCUT2D eigenvalue weighted by atomic mass is 9.80. The summed E-state index contributed by atoms with van der Waals surface area (Å²) in [5.74, 6) is -0.799. The van der Waals surface area contributed by atoms with Gasteiger partial charge in [-0.2, -0.15) is 9.78 Å². The topological polar surface area (TPSA) is 75.3 Å². The van der Waals surface area contributed by atoms with Crippen LogP contribution in [0, 0.1) is 11.2 Å². The number of carbonyl (C=O) groups excluding carboxylic acids is 2. The van der Waals surface area contributed by atoms with Crippen LogP contribution in [0.25, 0.3) is 38.6 Å². The van der Waals surface area contributed by atoms with Crippen LogP contribution in [0.15, 0.2) is 66.9 Å². The standard InChI is InChI=1S/C33H32FN3O4/c1-6-41-30(38)21-9-7-20(8-10-21)28-25-16-26-22(17-35-37(26)31(39)32(2,3)4)15-27(25)36(24-13-11-23(34)12-14-24)29(28)33(5)18-40-19-33/h7-17H,6,18-19H2,1-5H3.